The van der Waals surface area contributed by atoms with E-state index in [1.165, 1.54) is 6.34 Å². The maximum atomic E-state index is 4.21. The van der Waals surface area contributed by atoms with Gasteiger partial charge >= 0.3 is 0 Å². The van der Waals surface area contributed by atoms with E-state index in [4.69, 9.17) is 0 Å². The zero-order valence-electron chi connectivity index (χ0n) is 6.94. The van der Waals surface area contributed by atoms with E-state index in [0.717, 1.165) is 16.4 Å². The predicted molar refractivity (Wildman–Crippen MR) is 45.7 cm³/mol. The Balaban J connectivity index is 2.79. The fourth-order valence-corrected chi connectivity index (χ4v) is 0.939. The van der Waals surface area contributed by atoms with E-state index in [2.05, 4.69) is 20.0 Å². The number of hydrogen-bond acceptors (Lipinski definition) is 4. The summed E-state index contributed by atoms with van der Waals surface area (Å²) in [4.78, 5) is 16.3. The number of aromatic nitrogens is 2. The minimum Gasteiger partial charge on any atom is -0.235 e. The molecule has 60 valence electrons. The standard InChI is InChI=1S/C8H8N4/c1-5(2)7-9-3-6-8(12-7)11-4-10-6/h3-4H,1-2H3. The molecule has 0 N–H and O–H groups in total. The Bertz CT molecular complexity index is 454. The molecule has 0 aliphatic carbocycles. The van der Waals surface area contributed by atoms with Crippen LogP contribution in [0, 0.1) is 0 Å². The van der Waals surface area contributed by atoms with Gasteiger partial charge in [-0.3, -0.25) is 0 Å². The van der Waals surface area contributed by atoms with Gasteiger partial charge in [-0.15, -0.1) is 0 Å². The molecule has 1 aromatic heterocycles. The summed E-state index contributed by atoms with van der Waals surface area (Å²) in [5, 5.41) is 0.750. The molecule has 0 saturated carbocycles. The summed E-state index contributed by atoms with van der Waals surface area (Å²) in [5.41, 5.74) is 1.82. The van der Waals surface area contributed by atoms with Gasteiger partial charge in [-0.25, -0.2) is 20.0 Å². The average Bonchev–Trinajstić information content (AvgIpc) is 2.49. The molecule has 0 radical (unpaired) electrons. The second-order valence-electron chi connectivity index (χ2n) is 2.78. The molecule has 12 heavy (non-hydrogen) atoms. The normalized spacial score (nSPS) is 12.5. The molecular formula is C8H8N4. The highest BCUT2D eigenvalue weighted by atomic mass is 15.0. The van der Waals surface area contributed by atoms with Crippen molar-refractivity contribution < 1.29 is 0 Å². The Kier molecular flexibility index (Phi) is 1.46. The lowest BCUT2D eigenvalue weighted by Crippen LogP contribution is -2.18. The van der Waals surface area contributed by atoms with Gasteiger partial charge in [0.1, 0.15) is 11.7 Å². The third-order valence-electron chi connectivity index (χ3n) is 1.57. The monoisotopic (exact) mass is 160 g/mol. The minimum atomic E-state index is 0.668. The summed E-state index contributed by atoms with van der Waals surface area (Å²) >= 11 is 0. The van der Waals surface area contributed by atoms with Crippen molar-refractivity contribution in [2.24, 2.45) is 9.98 Å². The van der Waals surface area contributed by atoms with E-state index in [1.807, 2.05) is 13.8 Å². The van der Waals surface area contributed by atoms with Gasteiger partial charge in [-0.2, -0.15) is 0 Å². The summed E-state index contributed by atoms with van der Waals surface area (Å²) in [5.74, 6) is 0.668. The summed E-state index contributed by atoms with van der Waals surface area (Å²) in [6.07, 6.45) is 3.19. The van der Waals surface area contributed by atoms with Gasteiger partial charge in [0.05, 0.1) is 6.20 Å². The molecule has 0 bridgehead atoms. The van der Waals surface area contributed by atoms with Crippen LogP contribution in [0.5, 0.6) is 0 Å². The highest BCUT2D eigenvalue weighted by Crippen LogP contribution is 1.97. The molecule has 0 saturated heterocycles. The first-order chi connectivity index (χ1) is 5.77. The van der Waals surface area contributed by atoms with Crippen molar-refractivity contribution in [3.05, 3.63) is 17.0 Å². The number of fused-ring (bicyclic) bond motifs is 1. The molecule has 0 spiro atoms. The topological polar surface area (TPSA) is 50.5 Å². The maximum Gasteiger partial charge on any atom is 0.183 e. The lowest BCUT2D eigenvalue weighted by molar-refractivity contribution is 1.04. The summed E-state index contributed by atoms with van der Waals surface area (Å²) < 4.78 is 0. The largest absolute Gasteiger partial charge is 0.235 e. The first-order valence-corrected chi connectivity index (χ1v) is 3.68. The van der Waals surface area contributed by atoms with Crippen LogP contribution in [0.3, 0.4) is 0 Å². The van der Waals surface area contributed by atoms with Gasteiger partial charge in [-0.1, -0.05) is 0 Å². The first-order valence-electron chi connectivity index (χ1n) is 3.68. The Morgan fingerprint density at radius 3 is 2.92 bits per heavy atom. The van der Waals surface area contributed by atoms with Gasteiger partial charge in [-0.05, 0) is 19.4 Å². The Hall–Kier alpha value is -1.58. The van der Waals surface area contributed by atoms with Crippen LogP contribution in [-0.4, -0.2) is 16.3 Å². The van der Waals surface area contributed by atoms with Crippen LogP contribution < -0.4 is 10.8 Å². The summed E-state index contributed by atoms with van der Waals surface area (Å²) in [6.45, 7) is 3.94. The predicted octanol–water partition coefficient (Wildman–Crippen LogP) is -0.0399. The van der Waals surface area contributed by atoms with E-state index in [0.29, 0.717) is 5.82 Å². The van der Waals surface area contributed by atoms with Crippen LogP contribution in [0.4, 0.5) is 5.82 Å². The number of rotatable bonds is 0. The fraction of sp³-hybridized carbons (Fsp3) is 0.250. The first kappa shape index (κ1) is 7.09. The van der Waals surface area contributed by atoms with Crippen molar-refractivity contribution >= 4 is 17.7 Å². The van der Waals surface area contributed by atoms with Gasteiger partial charge in [0.2, 0.25) is 0 Å². The van der Waals surface area contributed by atoms with Crippen LogP contribution in [0.2, 0.25) is 0 Å². The van der Waals surface area contributed by atoms with Crippen LogP contribution in [0.25, 0.3) is 5.57 Å². The molecule has 1 aliphatic heterocycles. The van der Waals surface area contributed by atoms with E-state index < -0.39 is 0 Å². The van der Waals surface area contributed by atoms with Crippen LogP contribution >= 0.6 is 0 Å². The number of nitrogens with zero attached hydrogens (tertiary/aromatic N) is 4. The lowest BCUT2D eigenvalue weighted by atomic mass is 10.4. The van der Waals surface area contributed by atoms with Crippen molar-refractivity contribution in [1.29, 1.82) is 0 Å². The second-order valence-corrected chi connectivity index (χ2v) is 2.78. The van der Waals surface area contributed by atoms with Crippen molar-refractivity contribution in [3.8, 4) is 0 Å². The van der Waals surface area contributed by atoms with Crippen LogP contribution in [0.15, 0.2) is 16.2 Å². The molecular weight excluding hydrogens is 152 g/mol. The zero-order chi connectivity index (χ0) is 8.55. The lowest BCUT2D eigenvalue weighted by Gasteiger charge is -1.90. The van der Waals surface area contributed by atoms with Crippen molar-refractivity contribution in [2.45, 2.75) is 13.8 Å². The zero-order valence-corrected chi connectivity index (χ0v) is 6.94. The smallest absolute Gasteiger partial charge is 0.183 e. The number of aliphatic imine (C=N–C) groups is 1. The SMILES string of the molecule is CC(C)=c1ncc2c(n1)N=CN=2. The minimum absolute atomic E-state index is 0.668. The highest BCUT2D eigenvalue weighted by molar-refractivity contribution is 5.64. The van der Waals surface area contributed by atoms with Crippen molar-refractivity contribution in [1.82, 2.24) is 9.97 Å². The van der Waals surface area contributed by atoms with Gasteiger partial charge in [0, 0.05) is 0 Å². The van der Waals surface area contributed by atoms with Gasteiger partial charge < -0.3 is 0 Å². The Morgan fingerprint density at radius 2 is 2.17 bits per heavy atom. The second kappa shape index (κ2) is 2.48. The maximum absolute atomic E-state index is 4.21. The van der Waals surface area contributed by atoms with E-state index >= 15 is 0 Å². The third-order valence-corrected chi connectivity index (χ3v) is 1.57. The molecule has 0 unspecified atom stereocenters. The van der Waals surface area contributed by atoms with E-state index in [1.54, 1.807) is 6.20 Å². The average molecular weight is 160 g/mol. The van der Waals surface area contributed by atoms with Crippen LogP contribution in [0.1, 0.15) is 13.8 Å². The number of hydrogen-bond donors (Lipinski definition) is 0. The van der Waals surface area contributed by atoms with Crippen LogP contribution in [-0.2, 0) is 0 Å². The molecule has 0 amide bonds. The molecule has 1 aromatic rings. The molecule has 0 aromatic carbocycles. The molecule has 4 heteroatoms. The quantitative estimate of drug-likeness (QED) is 0.534. The fourth-order valence-electron chi connectivity index (χ4n) is 0.939. The summed E-state index contributed by atoms with van der Waals surface area (Å²) in [6, 6.07) is 0. The molecule has 1 aliphatic rings. The third kappa shape index (κ3) is 1.01. The summed E-state index contributed by atoms with van der Waals surface area (Å²) in [7, 11) is 0. The molecule has 0 fully saturated rings. The highest BCUT2D eigenvalue weighted by Gasteiger charge is 2.00. The van der Waals surface area contributed by atoms with Crippen molar-refractivity contribution in [3.63, 3.8) is 0 Å². The molecule has 4 nitrogen and oxygen atoms in total. The van der Waals surface area contributed by atoms with E-state index in [-0.39, 0.29) is 0 Å². The Morgan fingerprint density at radius 1 is 1.33 bits per heavy atom. The molecule has 2 rings (SSSR count). The molecule has 0 atom stereocenters. The Labute approximate surface area is 69.4 Å². The molecule has 2 heterocycles. The van der Waals surface area contributed by atoms with Gasteiger partial charge in [0.15, 0.2) is 11.3 Å². The van der Waals surface area contributed by atoms with E-state index in [9.17, 15) is 0 Å². The van der Waals surface area contributed by atoms with Crippen molar-refractivity contribution in [2.75, 3.05) is 0 Å². The van der Waals surface area contributed by atoms with Gasteiger partial charge in [0.25, 0.3) is 0 Å².